The molecule has 5 heteroatoms. The molecule has 1 aromatic heterocycles. The summed E-state index contributed by atoms with van der Waals surface area (Å²) < 4.78 is 5.31. The van der Waals surface area contributed by atoms with Crippen molar-refractivity contribution >= 4 is 11.6 Å². The van der Waals surface area contributed by atoms with Crippen LogP contribution < -0.4 is 9.64 Å². The molecule has 1 aliphatic heterocycles. The molecule has 2 heterocycles. The number of nitrogens with zero attached hydrogens (tertiary/aromatic N) is 3. The molecule has 5 nitrogen and oxygen atoms in total. The number of fused-ring (bicyclic) bond motifs is 1. The fourth-order valence-electron chi connectivity index (χ4n) is 1.39. The van der Waals surface area contributed by atoms with E-state index in [0.29, 0.717) is 23.9 Å². The molecule has 0 aliphatic carbocycles. The number of carbonyl (C=O) groups is 1. The van der Waals surface area contributed by atoms with Crippen molar-refractivity contribution in [2.24, 2.45) is 0 Å². The Hall–Kier alpha value is -2.09. The molecular weight excluding hydrogens is 194 g/mol. The zero-order valence-electron chi connectivity index (χ0n) is 8.23. The first-order chi connectivity index (χ1) is 7.22. The Kier molecular flexibility index (Phi) is 2.26. The number of pyridine rings is 1. The molecule has 0 saturated heterocycles. The van der Waals surface area contributed by atoms with Crippen LogP contribution in [0.4, 0.5) is 5.82 Å². The molecule has 0 amide bonds. The first-order valence-electron chi connectivity index (χ1n) is 4.48. The number of hydrogen-bond acceptors (Lipinski definition) is 5. The summed E-state index contributed by atoms with van der Waals surface area (Å²) in [6, 6.07) is 3.68. The van der Waals surface area contributed by atoms with Gasteiger partial charge in [0, 0.05) is 11.8 Å². The van der Waals surface area contributed by atoms with Gasteiger partial charge in [0.15, 0.2) is 24.1 Å². The lowest BCUT2D eigenvalue weighted by molar-refractivity contribution is 0.101. The van der Waals surface area contributed by atoms with Crippen LogP contribution in [0.1, 0.15) is 17.3 Å². The number of ketones is 1. The third-order valence-electron chi connectivity index (χ3n) is 2.18. The molecule has 2 rings (SSSR count). The van der Waals surface area contributed by atoms with E-state index in [1.807, 2.05) is 6.07 Å². The van der Waals surface area contributed by atoms with E-state index < -0.39 is 0 Å². The maximum absolute atomic E-state index is 11.1. The zero-order valence-corrected chi connectivity index (χ0v) is 8.23. The first-order valence-corrected chi connectivity index (χ1v) is 4.48. The smallest absolute Gasteiger partial charge is 0.175 e. The molecule has 0 unspecified atom stereocenters. The highest BCUT2D eigenvalue weighted by Gasteiger charge is 2.22. The predicted molar refractivity (Wildman–Crippen MR) is 52.7 cm³/mol. The summed E-state index contributed by atoms with van der Waals surface area (Å²) in [5, 5.41) is 8.57. The summed E-state index contributed by atoms with van der Waals surface area (Å²) in [6.45, 7) is 2.03. The Morgan fingerprint density at radius 1 is 1.80 bits per heavy atom. The van der Waals surface area contributed by atoms with Gasteiger partial charge in [-0.1, -0.05) is 0 Å². The number of rotatable bonds is 2. The first kappa shape index (κ1) is 9.46. The summed E-state index contributed by atoms with van der Waals surface area (Å²) in [5.74, 6) is 1.15. The third-order valence-corrected chi connectivity index (χ3v) is 2.18. The van der Waals surface area contributed by atoms with Crippen molar-refractivity contribution in [3.05, 3.63) is 17.8 Å². The van der Waals surface area contributed by atoms with Gasteiger partial charge < -0.3 is 9.64 Å². The third kappa shape index (κ3) is 1.62. The number of ether oxygens (including phenoxy) is 1. The summed E-state index contributed by atoms with van der Waals surface area (Å²) in [5.41, 5.74) is 0.521. The van der Waals surface area contributed by atoms with E-state index in [9.17, 15) is 4.79 Å². The highest BCUT2D eigenvalue weighted by molar-refractivity contribution is 5.94. The molecule has 1 aliphatic rings. The van der Waals surface area contributed by atoms with Crippen molar-refractivity contribution < 1.29 is 9.53 Å². The van der Waals surface area contributed by atoms with Gasteiger partial charge in [-0.05, 0) is 13.0 Å². The topological polar surface area (TPSA) is 66.2 Å². The second kappa shape index (κ2) is 3.58. The summed E-state index contributed by atoms with van der Waals surface area (Å²) in [7, 11) is 0. The quantitative estimate of drug-likeness (QED) is 0.529. The Morgan fingerprint density at radius 3 is 3.27 bits per heavy atom. The van der Waals surface area contributed by atoms with Gasteiger partial charge in [-0.15, -0.1) is 0 Å². The van der Waals surface area contributed by atoms with Crippen molar-refractivity contribution in [3.63, 3.8) is 0 Å². The second-order valence-electron chi connectivity index (χ2n) is 3.23. The van der Waals surface area contributed by atoms with Crippen molar-refractivity contribution in [1.82, 2.24) is 4.98 Å². The fraction of sp³-hybridized carbons (Fsp3) is 0.300. The second-order valence-corrected chi connectivity index (χ2v) is 3.23. The monoisotopic (exact) mass is 203 g/mol. The average Bonchev–Trinajstić information content (AvgIpc) is 2.61. The molecule has 1 aromatic rings. The van der Waals surface area contributed by atoms with Crippen LogP contribution in [0.25, 0.3) is 0 Å². The standard InChI is InChI=1S/C10H9N3O2/c1-7(14)8-4-9-10(12-5-8)13(3-2-11)6-15-9/h4-5H,3,6H2,1H3. The molecule has 0 atom stereocenters. The van der Waals surface area contributed by atoms with Gasteiger partial charge in [-0.2, -0.15) is 5.26 Å². The van der Waals surface area contributed by atoms with E-state index in [1.54, 1.807) is 11.0 Å². The van der Waals surface area contributed by atoms with Gasteiger partial charge >= 0.3 is 0 Å². The SMILES string of the molecule is CC(=O)c1cnc2c(c1)OCN2CC#N. The van der Waals surface area contributed by atoms with Crippen molar-refractivity contribution in [2.45, 2.75) is 6.92 Å². The van der Waals surface area contributed by atoms with E-state index in [4.69, 9.17) is 10.00 Å². The van der Waals surface area contributed by atoms with Crippen molar-refractivity contribution in [2.75, 3.05) is 18.2 Å². The molecule has 0 radical (unpaired) electrons. The molecule has 0 bridgehead atoms. The molecule has 0 N–H and O–H groups in total. The highest BCUT2D eigenvalue weighted by atomic mass is 16.5. The Morgan fingerprint density at radius 2 is 2.60 bits per heavy atom. The minimum Gasteiger partial charge on any atom is -0.469 e. The van der Waals surface area contributed by atoms with E-state index in [2.05, 4.69) is 4.98 Å². The maximum atomic E-state index is 11.1. The van der Waals surface area contributed by atoms with Crippen LogP contribution in [0.3, 0.4) is 0 Å². The van der Waals surface area contributed by atoms with Gasteiger partial charge in [-0.25, -0.2) is 4.98 Å². The van der Waals surface area contributed by atoms with Gasteiger partial charge in [0.25, 0.3) is 0 Å². The molecule has 0 spiro atoms. The lowest BCUT2D eigenvalue weighted by Gasteiger charge is -2.09. The molecule has 0 fully saturated rings. The number of carbonyl (C=O) groups excluding carboxylic acids is 1. The minimum atomic E-state index is -0.0485. The summed E-state index contributed by atoms with van der Waals surface area (Å²) >= 11 is 0. The average molecular weight is 203 g/mol. The highest BCUT2D eigenvalue weighted by Crippen LogP contribution is 2.31. The maximum Gasteiger partial charge on any atom is 0.175 e. The number of Topliss-reactive ketones (excluding diaryl/α,β-unsaturated/α-hetero) is 1. The van der Waals surface area contributed by atoms with Crippen LogP contribution in [0.2, 0.25) is 0 Å². The van der Waals surface area contributed by atoms with Crippen LogP contribution >= 0.6 is 0 Å². The normalized spacial score (nSPS) is 12.9. The van der Waals surface area contributed by atoms with Crippen LogP contribution in [0, 0.1) is 11.3 Å². The Bertz CT molecular complexity index is 450. The van der Waals surface area contributed by atoms with Gasteiger partial charge in [0.1, 0.15) is 6.54 Å². The fourth-order valence-corrected chi connectivity index (χ4v) is 1.39. The van der Waals surface area contributed by atoms with Gasteiger partial charge in [-0.3, -0.25) is 4.79 Å². The van der Waals surface area contributed by atoms with Crippen molar-refractivity contribution in [1.29, 1.82) is 5.26 Å². The lowest BCUT2D eigenvalue weighted by Crippen LogP contribution is -2.22. The van der Waals surface area contributed by atoms with E-state index in [1.165, 1.54) is 13.1 Å². The van der Waals surface area contributed by atoms with E-state index in [-0.39, 0.29) is 12.3 Å². The summed E-state index contributed by atoms with van der Waals surface area (Å²) in [6.07, 6.45) is 1.50. The van der Waals surface area contributed by atoms with Crippen LogP contribution in [0.15, 0.2) is 12.3 Å². The number of aromatic nitrogens is 1. The number of hydrogen-bond donors (Lipinski definition) is 0. The largest absolute Gasteiger partial charge is 0.469 e. The molecule has 0 saturated carbocycles. The van der Waals surface area contributed by atoms with E-state index >= 15 is 0 Å². The predicted octanol–water partition coefficient (Wildman–Crippen LogP) is 0.964. The number of nitriles is 1. The van der Waals surface area contributed by atoms with Crippen LogP contribution in [-0.2, 0) is 0 Å². The molecule has 15 heavy (non-hydrogen) atoms. The molecule has 76 valence electrons. The molecule has 0 aromatic carbocycles. The van der Waals surface area contributed by atoms with Gasteiger partial charge in [0.05, 0.1) is 6.07 Å². The zero-order chi connectivity index (χ0) is 10.8. The minimum absolute atomic E-state index is 0.0485. The summed E-state index contributed by atoms with van der Waals surface area (Å²) in [4.78, 5) is 16.9. The van der Waals surface area contributed by atoms with E-state index in [0.717, 1.165) is 0 Å². The van der Waals surface area contributed by atoms with Crippen LogP contribution in [0.5, 0.6) is 5.75 Å². The molecular formula is C10H9N3O2. The Labute approximate surface area is 86.9 Å². The van der Waals surface area contributed by atoms with Crippen LogP contribution in [-0.4, -0.2) is 24.0 Å². The Balaban J connectivity index is 2.34. The lowest BCUT2D eigenvalue weighted by atomic mass is 10.2. The van der Waals surface area contributed by atoms with Gasteiger partial charge in [0.2, 0.25) is 0 Å². The van der Waals surface area contributed by atoms with Crippen molar-refractivity contribution in [3.8, 4) is 11.8 Å². The number of anilines is 1.